The van der Waals surface area contributed by atoms with E-state index in [-0.39, 0.29) is 0 Å². The molecule has 9 heavy (non-hydrogen) atoms. The molecule has 0 heterocycles. The van der Waals surface area contributed by atoms with E-state index >= 15 is 0 Å². The normalized spacial score (nSPS) is 11.6. The quantitative estimate of drug-likeness (QED) is 0.498. The van der Waals surface area contributed by atoms with Crippen molar-refractivity contribution < 1.29 is 0 Å². The Morgan fingerprint density at radius 3 is 2.78 bits per heavy atom. The molecule has 0 atom stereocenters. The summed E-state index contributed by atoms with van der Waals surface area (Å²) in [7, 11) is 0. The van der Waals surface area contributed by atoms with Crippen molar-refractivity contribution in [3.8, 4) is 0 Å². The molecular formula is C6H9Cl2N. The van der Waals surface area contributed by atoms with Crippen LogP contribution in [-0.4, -0.2) is 13.1 Å². The van der Waals surface area contributed by atoms with Crippen molar-refractivity contribution in [1.82, 2.24) is 5.32 Å². The maximum Gasteiger partial charge on any atom is 0.0432 e. The highest BCUT2D eigenvalue weighted by Gasteiger charge is 1.86. The fourth-order valence-corrected chi connectivity index (χ4v) is 0.504. The Balaban J connectivity index is 3.17. The molecule has 0 rings (SSSR count). The van der Waals surface area contributed by atoms with Crippen molar-refractivity contribution in [1.29, 1.82) is 0 Å². The first-order chi connectivity index (χ1) is 4.31. The van der Waals surface area contributed by atoms with Gasteiger partial charge in [0.25, 0.3) is 0 Å². The van der Waals surface area contributed by atoms with Gasteiger partial charge in [0.15, 0.2) is 0 Å². The summed E-state index contributed by atoms with van der Waals surface area (Å²) in [5.74, 6) is 0. The first-order valence-corrected chi connectivity index (χ1v) is 3.39. The van der Waals surface area contributed by atoms with E-state index in [2.05, 4.69) is 11.9 Å². The molecule has 0 amide bonds. The van der Waals surface area contributed by atoms with Crippen LogP contribution in [0.3, 0.4) is 0 Å². The Morgan fingerprint density at radius 1 is 1.67 bits per heavy atom. The van der Waals surface area contributed by atoms with Gasteiger partial charge in [0.2, 0.25) is 0 Å². The van der Waals surface area contributed by atoms with Crippen LogP contribution in [0.4, 0.5) is 0 Å². The zero-order valence-electron chi connectivity index (χ0n) is 5.03. The third kappa shape index (κ3) is 5.90. The largest absolute Gasteiger partial charge is 0.308 e. The second-order valence-corrected chi connectivity index (χ2v) is 2.18. The zero-order valence-corrected chi connectivity index (χ0v) is 6.54. The van der Waals surface area contributed by atoms with Gasteiger partial charge in [0.1, 0.15) is 0 Å². The molecule has 0 bridgehead atoms. The van der Waals surface area contributed by atoms with E-state index in [9.17, 15) is 0 Å². The fourth-order valence-electron chi connectivity index (χ4n) is 0.332. The molecule has 0 aromatic heterocycles. The summed E-state index contributed by atoms with van der Waals surface area (Å²) >= 11 is 10.8. The van der Waals surface area contributed by atoms with E-state index in [0.29, 0.717) is 11.6 Å². The van der Waals surface area contributed by atoms with Gasteiger partial charge < -0.3 is 5.32 Å². The lowest BCUT2D eigenvalue weighted by Gasteiger charge is -1.96. The Kier molecular flexibility index (Phi) is 6.16. The van der Waals surface area contributed by atoms with Crippen LogP contribution in [0.5, 0.6) is 0 Å². The predicted octanol–water partition coefficient (Wildman–Crippen LogP) is 2.08. The van der Waals surface area contributed by atoms with Gasteiger partial charge in [0.05, 0.1) is 0 Å². The highest BCUT2D eigenvalue weighted by atomic mass is 35.5. The Morgan fingerprint density at radius 2 is 2.33 bits per heavy atom. The van der Waals surface area contributed by atoms with Crippen molar-refractivity contribution in [2.24, 2.45) is 0 Å². The lowest BCUT2D eigenvalue weighted by Crippen LogP contribution is -2.14. The minimum absolute atomic E-state index is 0.608. The molecule has 0 spiro atoms. The van der Waals surface area contributed by atoms with Gasteiger partial charge in [-0.1, -0.05) is 29.3 Å². The average Bonchev–Trinajstić information content (AvgIpc) is 1.89. The summed E-state index contributed by atoms with van der Waals surface area (Å²) in [6, 6.07) is 0. The second-order valence-electron chi connectivity index (χ2n) is 1.48. The van der Waals surface area contributed by atoms with E-state index < -0.39 is 0 Å². The number of halogens is 2. The number of hydrogen-bond acceptors (Lipinski definition) is 1. The molecule has 1 nitrogen and oxygen atoms in total. The third-order valence-electron chi connectivity index (χ3n) is 0.701. The van der Waals surface area contributed by atoms with Crippen molar-refractivity contribution >= 4 is 23.2 Å². The van der Waals surface area contributed by atoms with E-state index in [1.165, 1.54) is 5.54 Å². The van der Waals surface area contributed by atoms with Crippen molar-refractivity contribution in [2.45, 2.75) is 0 Å². The van der Waals surface area contributed by atoms with Crippen LogP contribution in [0.15, 0.2) is 23.2 Å². The van der Waals surface area contributed by atoms with Crippen LogP contribution in [0.2, 0.25) is 0 Å². The van der Waals surface area contributed by atoms with E-state index in [1.807, 2.05) is 0 Å². The Labute approximate surface area is 65.3 Å². The Hall–Kier alpha value is 0.0200. The summed E-state index contributed by atoms with van der Waals surface area (Å²) < 4.78 is 0. The molecule has 0 saturated heterocycles. The summed E-state index contributed by atoms with van der Waals surface area (Å²) in [4.78, 5) is 0. The summed E-state index contributed by atoms with van der Waals surface area (Å²) in [5, 5.41) is 3.59. The molecule has 0 saturated carbocycles. The number of nitrogens with one attached hydrogen (secondary N) is 1. The standard InChI is InChI=1S/C6H9Cl2N/c1-2-3-9-5-6(8)4-7/h2,4,9H,1,3,5H2. The minimum Gasteiger partial charge on any atom is -0.308 e. The third-order valence-corrected chi connectivity index (χ3v) is 1.32. The minimum atomic E-state index is 0.608. The smallest absolute Gasteiger partial charge is 0.0432 e. The van der Waals surface area contributed by atoms with Crippen LogP contribution >= 0.6 is 23.2 Å². The SMILES string of the molecule is C=CCNCC(Cl)=CCl. The van der Waals surface area contributed by atoms with Gasteiger partial charge in [-0.15, -0.1) is 6.58 Å². The van der Waals surface area contributed by atoms with E-state index in [4.69, 9.17) is 23.2 Å². The predicted molar refractivity (Wildman–Crippen MR) is 42.9 cm³/mol. The van der Waals surface area contributed by atoms with Gasteiger partial charge in [-0.3, -0.25) is 0 Å². The maximum absolute atomic E-state index is 5.53. The second kappa shape index (κ2) is 6.14. The van der Waals surface area contributed by atoms with E-state index in [1.54, 1.807) is 6.08 Å². The monoisotopic (exact) mass is 165 g/mol. The van der Waals surface area contributed by atoms with Crippen LogP contribution in [-0.2, 0) is 0 Å². The average molecular weight is 166 g/mol. The van der Waals surface area contributed by atoms with Crippen molar-refractivity contribution in [2.75, 3.05) is 13.1 Å². The molecule has 1 N–H and O–H groups in total. The molecule has 0 radical (unpaired) electrons. The van der Waals surface area contributed by atoms with Crippen LogP contribution in [0.25, 0.3) is 0 Å². The van der Waals surface area contributed by atoms with Crippen LogP contribution < -0.4 is 5.32 Å². The Bertz CT molecular complexity index is 110. The lowest BCUT2D eigenvalue weighted by atomic mass is 10.5. The maximum atomic E-state index is 5.53. The highest BCUT2D eigenvalue weighted by Crippen LogP contribution is 1.99. The van der Waals surface area contributed by atoms with Gasteiger partial charge in [-0.25, -0.2) is 0 Å². The summed E-state index contributed by atoms with van der Waals surface area (Å²) in [6.45, 7) is 4.88. The molecule has 52 valence electrons. The van der Waals surface area contributed by atoms with Crippen molar-refractivity contribution in [3.05, 3.63) is 23.2 Å². The highest BCUT2D eigenvalue weighted by molar-refractivity contribution is 6.36. The molecule has 0 aliphatic carbocycles. The molecule has 0 aliphatic heterocycles. The molecule has 0 aromatic carbocycles. The lowest BCUT2D eigenvalue weighted by molar-refractivity contribution is 0.837. The first kappa shape index (κ1) is 9.02. The zero-order chi connectivity index (χ0) is 7.11. The molecule has 0 aromatic rings. The fraction of sp³-hybridized carbons (Fsp3) is 0.333. The van der Waals surface area contributed by atoms with Crippen molar-refractivity contribution in [3.63, 3.8) is 0 Å². The van der Waals surface area contributed by atoms with Gasteiger partial charge >= 0.3 is 0 Å². The molecule has 3 heteroatoms. The molecule has 0 unspecified atom stereocenters. The molecular weight excluding hydrogens is 157 g/mol. The molecule has 0 aliphatic rings. The molecule has 0 fully saturated rings. The van der Waals surface area contributed by atoms with Crippen LogP contribution in [0, 0.1) is 0 Å². The van der Waals surface area contributed by atoms with Gasteiger partial charge in [-0.05, 0) is 0 Å². The van der Waals surface area contributed by atoms with Gasteiger partial charge in [-0.2, -0.15) is 0 Å². The first-order valence-electron chi connectivity index (χ1n) is 2.57. The number of hydrogen-bond donors (Lipinski definition) is 1. The van der Waals surface area contributed by atoms with Gasteiger partial charge in [0, 0.05) is 23.7 Å². The number of rotatable bonds is 4. The van der Waals surface area contributed by atoms with E-state index in [0.717, 1.165) is 6.54 Å². The summed E-state index contributed by atoms with van der Waals surface area (Å²) in [5.41, 5.74) is 1.34. The summed E-state index contributed by atoms with van der Waals surface area (Å²) in [6.07, 6.45) is 1.76. The van der Waals surface area contributed by atoms with Crippen LogP contribution in [0.1, 0.15) is 0 Å². The topological polar surface area (TPSA) is 12.0 Å².